The lowest BCUT2D eigenvalue weighted by Crippen LogP contribution is -2.66. The van der Waals surface area contributed by atoms with E-state index in [-0.39, 0.29) is 17.9 Å². The molecule has 2 aromatic rings. The molecule has 2 fully saturated rings. The third kappa shape index (κ3) is 4.98. The van der Waals surface area contributed by atoms with Gasteiger partial charge in [-0.25, -0.2) is 4.98 Å². The van der Waals surface area contributed by atoms with Crippen molar-refractivity contribution in [2.75, 3.05) is 44.3 Å². The van der Waals surface area contributed by atoms with Crippen LogP contribution in [0.3, 0.4) is 0 Å². The molecule has 0 bridgehead atoms. The second-order valence-electron chi connectivity index (χ2n) is 7.22. The van der Waals surface area contributed by atoms with Crippen LogP contribution in [0.15, 0.2) is 41.5 Å². The topological polar surface area (TPSA) is 116 Å². The summed E-state index contributed by atoms with van der Waals surface area (Å²) in [6.45, 7) is 3.18. The van der Waals surface area contributed by atoms with Gasteiger partial charge in [0.2, 0.25) is 5.91 Å². The molecule has 0 radical (unpaired) electrons. The van der Waals surface area contributed by atoms with Gasteiger partial charge in [-0.1, -0.05) is 23.7 Å². The summed E-state index contributed by atoms with van der Waals surface area (Å²) in [4.78, 5) is 43.9. The number of amides is 1. The van der Waals surface area contributed by atoms with Gasteiger partial charge in [-0.15, -0.1) is 0 Å². The molecule has 1 aromatic carbocycles. The second-order valence-corrected chi connectivity index (χ2v) is 7.66. The van der Waals surface area contributed by atoms with Crippen molar-refractivity contribution in [1.82, 2.24) is 14.9 Å². The Hall–Kier alpha value is -2.91. The van der Waals surface area contributed by atoms with Crippen molar-refractivity contribution < 1.29 is 19.4 Å². The van der Waals surface area contributed by atoms with E-state index in [2.05, 4.69) is 9.97 Å². The number of nitrogens with zero attached hydrogens (tertiary/aromatic N) is 3. The Labute approximate surface area is 178 Å². The number of nitrogens with one attached hydrogen (secondary N) is 1. The fourth-order valence-corrected chi connectivity index (χ4v) is 3.92. The van der Waals surface area contributed by atoms with E-state index in [1.54, 1.807) is 0 Å². The third-order valence-corrected chi connectivity index (χ3v) is 5.43. The molecule has 4 rings (SSSR count). The number of carbonyl (C=O) groups is 2. The number of hydrogen-bond acceptors (Lipinski definition) is 6. The van der Waals surface area contributed by atoms with Gasteiger partial charge >= 0.3 is 0 Å². The van der Waals surface area contributed by atoms with Crippen LogP contribution >= 0.6 is 11.6 Å². The van der Waals surface area contributed by atoms with Gasteiger partial charge in [0, 0.05) is 37.3 Å². The number of H-pyrrole nitrogens is 1. The molecule has 160 valence electrons. The van der Waals surface area contributed by atoms with E-state index in [9.17, 15) is 9.59 Å². The quantitative estimate of drug-likeness (QED) is 0.690. The molecule has 2 N–H and O–H groups in total. The number of carbonyl (C=O) groups excluding carboxylic acids is 1. The van der Waals surface area contributed by atoms with Crippen LogP contribution in [0.1, 0.15) is 5.56 Å². The van der Waals surface area contributed by atoms with Crippen LogP contribution in [0.5, 0.6) is 0 Å². The maximum atomic E-state index is 13.3. The van der Waals surface area contributed by atoms with E-state index in [4.69, 9.17) is 26.2 Å². The number of rotatable bonds is 4. The first-order valence-corrected chi connectivity index (χ1v) is 9.84. The van der Waals surface area contributed by atoms with Crippen LogP contribution in [0.2, 0.25) is 5.02 Å². The van der Waals surface area contributed by atoms with E-state index < -0.39 is 5.41 Å². The van der Waals surface area contributed by atoms with E-state index in [1.165, 1.54) is 12.4 Å². The zero-order chi connectivity index (χ0) is 21.6. The molecule has 0 spiro atoms. The standard InChI is InChI=1S/C19H21ClN4O3.CH2O2/c20-15-3-1-14(2-4-15)10-19(18(26)23-5-7-27-8-6-23)11-24(12-19)16-9-17(25)22-13-21-16;2-1-3/h1-4,9,13H,5-8,10-12H2,(H,21,22,25);1H,(H,2,3). The molecule has 0 aliphatic carbocycles. The molecule has 0 saturated carbocycles. The molecule has 3 heterocycles. The van der Waals surface area contributed by atoms with Crippen LogP contribution in [0.25, 0.3) is 0 Å². The molecular weight excluding hydrogens is 412 g/mol. The number of anilines is 1. The second kappa shape index (κ2) is 9.73. The third-order valence-electron chi connectivity index (χ3n) is 5.18. The number of aromatic amines is 1. The Morgan fingerprint density at radius 3 is 2.50 bits per heavy atom. The van der Waals surface area contributed by atoms with Crippen LogP contribution in [-0.2, 0) is 20.7 Å². The zero-order valence-electron chi connectivity index (χ0n) is 16.3. The molecule has 2 saturated heterocycles. The summed E-state index contributed by atoms with van der Waals surface area (Å²) in [5.41, 5.74) is 0.337. The number of carboxylic acid groups (broad SMARTS) is 1. The highest BCUT2D eigenvalue weighted by Crippen LogP contribution is 2.38. The predicted octanol–water partition coefficient (Wildman–Crippen LogP) is 1.03. The summed E-state index contributed by atoms with van der Waals surface area (Å²) in [6, 6.07) is 9.08. The number of ether oxygens (including phenoxy) is 1. The molecule has 9 nitrogen and oxygen atoms in total. The van der Waals surface area contributed by atoms with Gasteiger partial charge < -0.3 is 24.6 Å². The molecule has 1 aromatic heterocycles. The Kier molecular flexibility index (Phi) is 7.07. The minimum Gasteiger partial charge on any atom is -0.483 e. The Bertz CT molecular complexity index is 921. The smallest absolute Gasteiger partial charge is 0.290 e. The monoisotopic (exact) mass is 434 g/mol. The van der Waals surface area contributed by atoms with Crippen molar-refractivity contribution in [1.29, 1.82) is 0 Å². The lowest BCUT2D eigenvalue weighted by molar-refractivity contribution is -0.148. The van der Waals surface area contributed by atoms with Crippen molar-refractivity contribution >= 4 is 29.8 Å². The minimum absolute atomic E-state index is 0.141. The Morgan fingerprint density at radius 2 is 1.90 bits per heavy atom. The van der Waals surface area contributed by atoms with Crippen LogP contribution in [0.4, 0.5) is 5.82 Å². The van der Waals surface area contributed by atoms with Crippen molar-refractivity contribution in [2.24, 2.45) is 5.41 Å². The maximum absolute atomic E-state index is 13.3. The fourth-order valence-electron chi connectivity index (χ4n) is 3.80. The highest BCUT2D eigenvalue weighted by molar-refractivity contribution is 6.30. The SMILES string of the molecule is O=C(N1CCOCC1)C1(Cc2ccc(Cl)cc2)CN(c2cc(=O)[nH]cn2)C1.O=CO. The molecule has 0 unspecified atom stereocenters. The van der Waals surface area contributed by atoms with E-state index in [1.807, 2.05) is 34.1 Å². The van der Waals surface area contributed by atoms with Crippen LogP contribution in [-0.4, -0.2) is 71.7 Å². The van der Waals surface area contributed by atoms with Crippen LogP contribution in [0, 0.1) is 5.41 Å². The van der Waals surface area contributed by atoms with Crippen molar-refractivity contribution in [3.8, 4) is 0 Å². The van der Waals surface area contributed by atoms with E-state index in [0.29, 0.717) is 56.7 Å². The maximum Gasteiger partial charge on any atom is 0.290 e. The van der Waals surface area contributed by atoms with Gasteiger partial charge in [0.25, 0.3) is 12.0 Å². The Morgan fingerprint density at radius 1 is 1.27 bits per heavy atom. The largest absolute Gasteiger partial charge is 0.483 e. The molecule has 1 amide bonds. The van der Waals surface area contributed by atoms with Gasteiger partial charge in [-0.05, 0) is 24.1 Å². The average molecular weight is 435 g/mol. The molecule has 0 atom stereocenters. The minimum atomic E-state index is -0.532. The summed E-state index contributed by atoms with van der Waals surface area (Å²) >= 11 is 5.99. The summed E-state index contributed by atoms with van der Waals surface area (Å²) in [6.07, 6.45) is 2.01. The summed E-state index contributed by atoms with van der Waals surface area (Å²) in [5, 5.41) is 7.57. The first kappa shape index (κ1) is 21.8. The van der Waals surface area contributed by atoms with Crippen molar-refractivity contribution in [3.63, 3.8) is 0 Å². The highest BCUT2D eigenvalue weighted by atomic mass is 35.5. The van der Waals surface area contributed by atoms with Gasteiger partial charge in [0.1, 0.15) is 5.82 Å². The first-order chi connectivity index (χ1) is 14.5. The lowest BCUT2D eigenvalue weighted by atomic mass is 9.73. The number of benzene rings is 1. The molecule has 2 aliphatic rings. The van der Waals surface area contributed by atoms with Gasteiger partial charge in [-0.2, -0.15) is 0 Å². The Balaban J connectivity index is 0.000000806. The number of halogens is 1. The van der Waals surface area contributed by atoms with Crippen molar-refractivity contribution in [2.45, 2.75) is 6.42 Å². The zero-order valence-corrected chi connectivity index (χ0v) is 17.0. The van der Waals surface area contributed by atoms with Crippen molar-refractivity contribution in [3.05, 3.63) is 57.6 Å². The molecule has 30 heavy (non-hydrogen) atoms. The average Bonchev–Trinajstić information content (AvgIpc) is 2.72. The number of aromatic nitrogens is 2. The normalized spacial score (nSPS) is 17.4. The molecule has 2 aliphatic heterocycles. The predicted molar refractivity (Wildman–Crippen MR) is 111 cm³/mol. The summed E-state index contributed by atoms with van der Waals surface area (Å²) < 4.78 is 5.38. The molecule has 10 heteroatoms. The van der Waals surface area contributed by atoms with Gasteiger partial charge in [-0.3, -0.25) is 14.4 Å². The highest BCUT2D eigenvalue weighted by Gasteiger charge is 2.51. The van der Waals surface area contributed by atoms with Gasteiger partial charge in [0.05, 0.1) is 25.0 Å². The summed E-state index contributed by atoms with van der Waals surface area (Å²) in [5.74, 6) is 0.738. The van der Waals surface area contributed by atoms with Gasteiger partial charge in [0.15, 0.2) is 0 Å². The van der Waals surface area contributed by atoms with E-state index in [0.717, 1.165) is 5.56 Å². The lowest BCUT2D eigenvalue weighted by Gasteiger charge is -2.51. The van der Waals surface area contributed by atoms with E-state index >= 15 is 0 Å². The summed E-state index contributed by atoms with van der Waals surface area (Å²) in [7, 11) is 0. The number of morpholine rings is 1. The fraction of sp³-hybridized carbons (Fsp3) is 0.400. The number of hydrogen-bond donors (Lipinski definition) is 2. The molecular formula is C20H23ClN4O5. The van der Waals surface area contributed by atoms with Crippen LogP contribution < -0.4 is 10.5 Å². The first-order valence-electron chi connectivity index (χ1n) is 9.46.